The third-order valence-corrected chi connectivity index (χ3v) is 3.02. The number of nitrogens with zero attached hydrogens (tertiary/aromatic N) is 1. The second-order valence-corrected chi connectivity index (χ2v) is 6.59. The Balaban J connectivity index is 0.00000576. The van der Waals surface area contributed by atoms with Crippen molar-refractivity contribution < 1.29 is 14.3 Å². The van der Waals surface area contributed by atoms with Crippen LogP contribution in [0.3, 0.4) is 0 Å². The second-order valence-electron chi connectivity index (χ2n) is 6.59. The lowest BCUT2D eigenvalue weighted by atomic mass is 10.2. The van der Waals surface area contributed by atoms with E-state index in [1.165, 1.54) is 0 Å². The Morgan fingerprint density at radius 1 is 1.24 bits per heavy atom. The first-order chi connectivity index (χ1) is 11.2. The van der Waals surface area contributed by atoms with Crippen LogP contribution >= 0.6 is 24.0 Å². The molecule has 1 aromatic rings. The highest BCUT2D eigenvalue weighted by molar-refractivity contribution is 14.0. The maximum Gasteiger partial charge on any atom is 0.325 e. The number of ether oxygens (including phenoxy) is 2. The molecular formula is C18H30IN3O3. The standard InChI is InChI=1S/C18H29N3O3.HI/c1-13-9-7-8-10-15(13)23-14(2)11-20-17(19-6)21-12-16(22)24-18(3,4)5;/h7-10,14H,11-12H2,1-6H3,(H2,19,20,21);1H. The van der Waals surface area contributed by atoms with Crippen LogP contribution in [-0.2, 0) is 9.53 Å². The van der Waals surface area contributed by atoms with Crippen LogP contribution in [0.1, 0.15) is 33.3 Å². The fourth-order valence-electron chi connectivity index (χ4n) is 1.94. The molecular weight excluding hydrogens is 433 g/mol. The lowest BCUT2D eigenvalue weighted by molar-refractivity contribution is -0.153. The van der Waals surface area contributed by atoms with Gasteiger partial charge in [-0.3, -0.25) is 9.79 Å². The van der Waals surface area contributed by atoms with Crippen molar-refractivity contribution in [2.75, 3.05) is 20.1 Å². The van der Waals surface area contributed by atoms with Gasteiger partial charge in [0, 0.05) is 7.05 Å². The molecule has 0 heterocycles. The first-order valence-electron chi connectivity index (χ1n) is 8.10. The Morgan fingerprint density at radius 2 is 1.88 bits per heavy atom. The number of hydrogen-bond acceptors (Lipinski definition) is 4. The first-order valence-corrected chi connectivity index (χ1v) is 8.10. The molecule has 0 fully saturated rings. The van der Waals surface area contributed by atoms with E-state index in [0.29, 0.717) is 12.5 Å². The molecule has 1 atom stereocenters. The number of aryl methyl sites for hydroxylation is 1. The number of carbonyl (C=O) groups excluding carboxylic acids is 1. The molecule has 0 aliphatic rings. The molecule has 0 amide bonds. The van der Waals surface area contributed by atoms with Crippen LogP contribution in [0, 0.1) is 6.92 Å². The van der Waals surface area contributed by atoms with Gasteiger partial charge in [0.15, 0.2) is 5.96 Å². The Morgan fingerprint density at radius 3 is 2.44 bits per heavy atom. The van der Waals surface area contributed by atoms with Gasteiger partial charge in [-0.1, -0.05) is 18.2 Å². The quantitative estimate of drug-likeness (QED) is 0.294. The van der Waals surface area contributed by atoms with Crippen molar-refractivity contribution in [2.24, 2.45) is 4.99 Å². The van der Waals surface area contributed by atoms with Gasteiger partial charge >= 0.3 is 5.97 Å². The maximum atomic E-state index is 11.7. The van der Waals surface area contributed by atoms with Crippen LogP contribution in [-0.4, -0.2) is 43.8 Å². The van der Waals surface area contributed by atoms with Crippen LogP contribution in [0.4, 0.5) is 0 Å². The summed E-state index contributed by atoms with van der Waals surface area (Å²) < 4.78 is 11.1. The van der Waals surface area contributed by atoms with Gasteiger partial charge in [-0.2, -0.15) is 0 Å². The van der Waals surface area contributed by atoms with E-state index in [9.17, 15) is 4.79 Å². The normalized spacial score (nSPS) is 12.6. The molecule has 1 rings (SSSR count). The molecule has 0 radical (unpaired) electrons. The van der Waals surface area contributed by atoms with Gasteiger partial charge in [0.25, 0.3) is 0 Å². The Labute approximate surface area is 167 Å². The molecule has 6 nitrogen and oxygen atoms in total. The topological polar surface area (TPSA) is 72.0 Å². The zero-order valence-corrected chi connectivity index (χ0v) is 18.2. The third-order valence-electron chi connectivity index (χ3n) is 3.02. The molecule has 0 saturated heterocycles. The molecule has 2 N–H and O–H groups in total. The zero-order chi connectivity index (χ0) is 18.2. The zero-order valence-electron chi connectivity index (χ0n) is 15.9. The lowest BCUT2D eigenvalue weighted by Gasteiger charge is -2.21. The van der Waals surface area contributed by atoms with Gasteiger partial charge in [-0.05, 0) is 46.2 Å². The van der Waals surface area contributed by atoms with Crippen molar-refractivity contribution in [3.63, 3.8) is 0 Å². The van der Waals surface area contributed by atoms with Crippen LogP contribution in [0.2, 0.25) is 0 Å². The second kappa shape index (κ2) is 11.2. The summed E-state index contributed by atoms with van der Waals surface area (Å²) in [6, 6.07) is 7.88. The molecule has 0 aliphatic carbocycles. The maximum absolute atomic E-state index is 11.7. The fraction of sp³-hybridized carbons (Fsp3) is 0.556. The van der Waals surface area contributed by atoms with Crippen molar-refractivity contribution in [2.45, 2.75) is 46.3 Å². The lowest BCUT2D eigenvalue weighted by Crippen LogP contribution is -2.44. The average molecular weight is 463 g/mol. The van der Waals surface area contributed by atoms with Gasteiger partial charge in [0.1, 0.15) is 24.0 Å². The molecule has 0 aromatic heterocycles. The van der Waals surface area contributed by atoms with Gasteiger partial charge in [0.05, 0.1) is 6.54 Å². The number of aliphatic imine (C=N–C) groups is 1. The third kappa shape index (κ3) is 10.2. The minimum absolute atomic E-state index is 0. The van der Waals surface area contributed by atoms with E-state index in [1.807, 2.05) is 58.9 Å². The van der Waals surface area contributed by atoms with Gasteiger partial charge < -0.3 is 20.1 Å². The molecule has 0 spiro atoms. The van der Waals surface area contributed by atoms with Gasteiger partial charge in [-0.15, -0.1) is 24.0 Å². The van der Waals surface area contributed by atoms with Crippen molar-refractivity contribution in [1.82, 2.24) is 10.6 Å². The molecule has 142 valence electrons. The number of carbonyl (C=O) groups is 1. The summed E-state index contributed by atoms with van der Waals surface area (Å²) in [4.78, 5) is 15.8. The number of hydrogen-bond donors (Lipinski definition) is 2. The van der Waals surface area contributed by atoms with Crippen LogP contribution in [0.15, 0.2) is 29.3 Å². The minimum Gasteiger partial charge on any atom is -0.489 e. The fourth-order valence-corrected chi connectivity index (χ4v) is 1.94. The largest absolute Gasteiger partial charge is 0.489 e. The number of rotatable bonds is 6. The predicted octanol–water partition coefficient (Wildman–Crippen LogP) is 2.89. The van der Waals surface area contributed by atoms with Gasteiger partial charge in [-0.25, -0.2) is 0 Å². The van der Waals surface area contributed by atoms with Crippen molar-refractivity contribution >= 4 is 35.9 Å². The molecule has 25 heavy (non-hydrogen) atoms. The number of benzene rings is 1. The van der Waals surface area contributed by atoms with E-state index in [1.54, 1.807) is 7.05 Å². The minimum atomic E-state index is -0.494. The van der Waals surface area contributed by atoms with E-state index in [0.717, 1.165) is 11.3 Å². The highest BCUT2D eigenvalue weighted by Crippen LogP contribution is 2.17. The summed E-state index contributed by atoms with van der Waals surface area (Å²) in [5, 5.41) is 6.06. The number of esters is 1. The monoisotopic (exact) mass is 463 g/mol. The number of halogens is 1. The Hall–Kier alpha value is -1.51. The molecule has 0 saturated carbocycles. The predicted molar refractivity (Wildman–Crippen MR) is 112 cm³/mol. The smallest absolute Gasteiger partial charge is 0.325 e. The summed E-state index contributed by atoms with van der Waals surface area (Å²) in [6.45, 7) is 10.1. The molecule has 1 aromatic carbocycles. The summed E-state index contributed by atoms with van der Waals surface area (Å²) >= 11 is 0. The summed E-state index contributed by atoms with van der Waals surface area (Å²) in [5.74, 6) is 1.07. The van der Waals surface area contributed by atoms with Crippen LogP contribution in [0.5, 0.6) is 5.75 Å². The summed E-state index contributed by atoms with van der Waals surface area (Å²) in [6.07, 6.45) is -0.0498. The summed E-state index contributed by atoms with van der Waals surface area (Å²) in [5.41, 5.74) is 0.600. The van der Waals surface area contributed by atoms with Crippen LogP contribution in [0.25, 0.3) is 0 Å². The highest BCUT2D eigenvalue weighted by Gasteiger charge is 2.16. The van der Waals surface area contributed by atoms with Crippen molar-refractivity contribution in [3.05, 3.63) is 29.8 Å². The SMILES string of the molecule is CN=C(NCC(=O)OC(C)(C)C)NCC(C)Oc1ccccc1C.I. The Bertz CT molecular complexity index is 571. The van der Waals surface area contributed by atoms with Crippen LogP contribution < -0.4 is 15.4 Å². The molecule has 0 bridgehead atoms. The summed E-state index contributed by atoms with van der Waals surface area (Å²) in [7, 11) is 1.65. The van der Waals surface area contributed by atoms with E-state index in [-0.39, 0.29) is 42.6 Å². The number of nitrogens with one attached hydrogen (secondary N) is 2. The first kappa shape index (κ1) is 23.5. The van der Waals surface area contributed by atoms with E-state index >= 15 is 0 Å². The van der Waals surface area contributed by atoms with E-state index in [4.69, 9.17) is 9.47 Å². The van der Waals surface area contributed by atoms with Crippen molar-refractivity contribution in [3.8, 4) is 5.75 Å². The van der Waals surface area contributed by atoms with Gasteiger partial charge in [0.2, 0.25) is 0 Å². The molecule has 0 aliphatic heterocycles. The Kier molecular flexibility index (Phi) is 10.5. The average Bonchev–Trinajstić information content (AvgIpc) is 2.48. The molecule has 7 heteroatoms. The van der Waals surface area contributed by atoms with E-state index in [2.05, 4.69) is 15.6 Å². The highest BCUT2D eigenvalue weighted by atomic mass is 127. The number of guanidine groups is 1. The van der Waals surface area contributed by atoms with E-state index < -0.39 is 5.60 Å². The van der Waals surface area contributed by atoms with Crippen molar-refractivity contribution in [1.29, 1.82) is 0 Å². The number of para-hydroxylation sites is 1. The molecule has 1 unspecified atom stereocenters.